The maximum absolute atomic E-state index is 9.78. The van der Waals surface area contributed by atoms with Crippen LogP contribution in [0.25, 0.3) is 22.0 Å². The minimum Gasteiger partial charge on any atom is -0.248 e. The van der Waals surface area contributed by atoms with Crippen molar-refractivity contribution in [2.24, 2.45) is 7.05 Å². The Kier molecular flexibility index (Phi) is 6.66. The second-order valence-electron chi connectivity index (χ2n) is 5.45. The zero-order valence-electron chi connectivity index (χ0n) is 14.5. The molecule has 0 spiro atoms. The molecule has 0 aliphatic carbocycles. The molecule has 3 heterocycles. The summed E-state index contributed by atoms with van der Waals surface area (Å²) in [6.07, 6.45) is 5.83. The quantitative estimate of drug-likeness (QED) is 0.313. The first kappa shape index (κ1) is 18.9. The molecule has 3 aromatic rings. The first-order valence-corrected chi connectivity index (χ1v) is 11.2. The van der Waals surface area contributed by atoms with E-state index >= 15 is 0 Å². The fraction of sp³-hybridized carbons (Fsp3) is 0.353. The van der Waals surface area contributed by atoms with Crippen molar-refractivity contribution >= 4 is 34.9 Å². The molecule has 0 unspecified atom stereocenters. The van der Waals surface area contributed by atoms with E-state index in [4.69, 9.17) is 4.98 Å². The third-order valence-electron chi connectivity index (χ3n) is 3.66. The van der Waals surface area contributed by atoms with Crippen molar-refractivity contribution in [1.82, 2.24) is 25.0 Å². The van der Waals surface area contributed by atoms with Gasteiger partial charge in [0.2, 0.25) is 0 Å². The Hall–Kier alpha value is -1.89. The molecule has 0 fully saturated rings. The number of hydrogen-bond donors (Lipinski definition) is 0. The van der Waals surface area contributed by atoms with E-state index in [9.17, 15) is 5.26 Å². The summed E-state index contributed by atoms with van der Waals surface area (Å²) in [5, 5.41) is 22.1. The van der Waals surface area contributed by atoms with Gasteiger partial charge in [-0.3, -0.25) is 0 Å². The van der Waals surface area contributed by atoms with Crippen molar-refractivity contribution < 1.29 is 0 Å². The molecule has 3 rings (SSSR count). The number of nitriles is 1. The summed E-state index contributed by atoms with van der Waals surface area (Å²) in [6, 6.07) is 4.23. The molecule has 0 aliphatic heterocycles. The Morgan fingerprint density at radius 1 is 1.38 bits per heavy atom. The van der Waals surface area contributed by atoms with E-state index < -0.39 is 0 Å². The maximum atomic E-state index is 9.78. The molecule has 0 N–H and O–H groups in total. The fourth-order valence-electron chi connectivity index (χ4n) is 2.33. The van der Waals surface area contributed by atoms with E-state index in [-0.39, 0.29) is 0 Å². The van der Waals surface area contributed by atoms with Crippen LogP contribution in [0.3, 0.4) is 0 Å². The largest absolute Gasteiger partial charge is 0.248 e. The van der Waals surface area contributed by atoms with Gasteiger partial charge in [0.15, 0.2) is 0 Å². The van der Waals surface area contributed by atoms with Gasteiger partial charge in [0.05, 0.1) is 17.5 Å². The average Bonchev–Trinajstić information content (AvgIpc) is 3.32. The summed E-state index contributed by atoms with van der Waals surface area (Å²) in [6.45, 7) is 2.19. The molecule has 3 aromatic heterocycles. The molecular weight excluding hydrogens is 384 g/mol. The SMILES string of the molecule is CCCCSCSc1nc(-c2nccs2)cc(-c2cnnn2C)c1C#N. The molecule has 0 atom stereocenters. The van der Waals surface area contributed by atoms with E-state index in [0.29, 0.717) is 5.56 Å². The number of rotatable bonds is 8. The Morgan fingerprint density at radius 2 is 2.27 bits per heavy atom. The van der Waals surface area contributed by atoms with Crippen LogP contribution < -0.4 is 0 Å². The van der Waals surface area contributed by atoms with Crippen LogP contribution in [-0.4, -0.2) is 35.8 Å². The lowest BCUT2D eigenvalue weighted by Crippen LogP contribution is -2.00. The Morgan fingerprint density at radius 3 is 2.92 bits per heavy atom. The van der Waals surface area contributed by atoms with Gasteiger partial charge < -0.3 is 0 Å². The van der Waals surface area contributed by atoms with Gasteiger partial charge in [0, 0.05) is 29.3 Å². The number of aromatic nitrogens is 5. The zero-order chi connectivity index (χ0) is 18.4. The Balaban J connectivity index is 2.00. The van der Waals surface area contributed by atoms with Gasteiger partial charge in [-0.2, -0.15) is 17.0 Å². The Labute approximate surface area is 165 Å². The van der Waals surface area contributed by atoms with Gasteiger partial charge in [-0.15, -0.1) is 16.4 Å². The number of hydrogen-bond acceptors (Lipinski definition) is 8. The van der Waals surface area contributed by atoms with Crippen LogP contribution >= 0.6 is 34.9 Å². The molecule has 0 saturated carbocycles. The second kappa shape index (κ2) is 9.16. The molecular formula is C17H18N6S3. The lowest BCUT2D eigenvalue weighted by molar-refractivity contribution is 0.720. The summed E-state index contributed by atoms with van der Waals surface area (Å²) >= 11 is 5.01. The highest BCUT2D eigenvalue weighted by atomic mass is 32.2. The first-order valence-electron chi connectivity index (χ1n) is 8.15. The average molecular weight is 403 g/mol. The van der Waals surface area contributed by atoms with E-state index in [2.05, 4.69) is 28.3 Å². The number of unbranched alkanes of at least 4 members (excludes halogenated alkanes) is 1. The molecule has 0 amide bonds. The van der Waals surface area contributed by atoms with Crippen LogP contribution in [0.2, 0.25) is 0 Å². The lowest BCUT2D eigenvalue weighted by Gasteiger charge is -2.11. The van der Waals surface area contributed by atoms with Crippen molar-refractivity contribution in [2.75, 3.05) is 10.8 Å². The van der Waals surface area contributed by atoms with Gasteiger partial charge >= 0.3 is 0 Å². The number of aryl methyl sites for hydroxylation is 1. The van der Waals surface area contributed by atoms with Crippen molar-refractivity contribution in [1.29, 1.82) is 5.26 Å². The van der Waals surface area contributed by atoms with Crippen molar-refractivity contribution in [3.63, 3.8) is 0 Å². The minimum atomic E-state index is 0.566. The molecule has 0 aliphatic rings. The van der Waals surface area contributed by atoms with Gasteiger partial charge in [0.1, 0.15) is 21.8 Å². The van der Waals surface area contributed by atoms with E-state index in [1.807, 2.05) is 30.3 Å². The van der Waals surface area contributed by atoms with Crippen molar-refractivity contribution in [3.8, 4) is 28.0 Å². The van der Waals surface area contributed by atoms with E-state index in [0.717, 1.165) is 37.8 Å². The number of pyridine rings is 1. The molecule has 26 heavy (non-hydrogen) atoms. The van der Waals surface area contributed by atoms with Crippen molar-refractivity contribution in [2.45, 2.75) is 24.8 Å². The van der Waals surface area contributed by atoms with Crippen molar-refractivity contribution in [3.05, 3.63) is 29.4 Å². The third-order valence-corrected chi connectivity index (χ3v) is 6.74. The molecule has 9 heteroatoms. The smallest absolute Gasteiger partial charge is 0.141 e. The topological polar surface area (TPSA) is 80.3 Å². The minimum absolute atomic E-state index is 0.566. The zero-order valence-corrected chi connectivity index (χ0v) is 17.0. The standard InChI is InChI=1S/C17H18N6S3/c1-3-4-6-24-11-26-16-13(9-18)12(15-10-20-22-23(15)2)8-14(21-16)17-19-5-7-25-17/h5,7-8,10H,3-4,6,11H2,1-2H3. The number of nitrogens with zero attached hydrogens (tertiary/aromatic N) is 6. The molecule has 0 aromatic carbocycles. The summed E-state index contributed by atoms with van der Waals surface area (Å²) < 4.78 is 1.67. The first-order chi connectivity index (χ1) is 12.7. The van der Waals surface area contributed by atoms with E-state index in [1.54, 1.807) is 28.8 Å². The molecule has 0 radical (unpaired) electrons. The lowest BCUT2D eigenvalue weighted by atomic mass is 10.1. The monoisotopic (exact) mass is 402 g/mol. The van der Waals surface area contributed by atoms with Gasteiger partial charge in [-0.1, -0.05) is 30.3 Å². The van der Waals surface area contributed by atoms with Gasteiger partial charge in [-0.05, 0) is 18.2 Å². The highest BCUT2D eigenvalue weighted by molar-refractivity contribution is 8.15. The van der Waals surface area contributed by atoms with Crippen LogP contribution in [0.1, 0.15) is 25.3 Å². The van der Waals surface area contributed by atoms with E-state index in [1.165, 1.54) is 24.2 Å². The maximum Gasteiger partial charge on any atom is 0.141 e. The van der Waals surface area contributed by atoms with Crippen LogP contribution in [0, 0.1) is 11.3 Å². The molecule has 6 nitrogen and oxygen atoms in total. The van der Waals surface area contributed by atoms with Gasteiger partial charge in [-0.25, -0.2) is 14.6 Å². The highest BCUT2D eigenvalue weighted by Crippen LogP contribution is 2.35. The Bertz CT molecular complexity index is 898. The number of thioether (sulfide) groups is 2. The second-order valence-corrected chi connectivity index (χ2v) is 8.78. The number of thiazole rings is 1. The predicted octanol–water partition coefficient (Wildman–Crippen LogP) is 4.46. The van der Waals surface area contributed by atoms with Crippen LogP contribution in [0.15, 0.2) is 28.9 Å². The highest BCUT2D eigenvalue weighted by Gasteiger charge is 2.19. The van der Waals surface area contributed by atoms with Crippen LogP contribution in [0.4, 0.5) is 0 Å². The summed E-state index contributed by atoms with van der Waals surface area (Å²) in [5.74, 6) is 1.12. The predicted molar refractivity (Wildman–Crippen MR) is 108 cm³/mol. The summed E-state index contributed by atoms with van der Waals surface area (Å²) in [4.78, 5) is 9.10. The molecule has 134 valence electrons. The summed E-state index contributed by atoms with van der Waals surface area (Å²) in [7, 11) is 1.82. The normalized spacial score (nSPS) is 10.8. The summed E-state index contributed by atoms with van der Waals surface area (Å²) in [5.41, 5.74) is 2.93. The third kappa shape index (κ3) is 4.26. The molecule has 0 bridgehead atoms. The van der Waals surface area contributed by atoms with Gasteiger partial charge in [0.25, 0.3) is 0 Å². The van der Waals surface area contributed by atoms with Crippen LogP contribution in [0.5, 0.6) is 0 Å². The molecule has 0 saturated heterocycles. The fourth-order valence-corrected chi connectivity index (χ4v) is 5.14. The van der Waals surface area contributed by atoms with Crippen LogP contribution in [-0.2, 0) is 7.05 Å².